The highest BCUT2D eigenvalue weighted by Gasteiger charge is 2.40. The lowest BCUT2D eigenvalue weighted by Gasteiger charge is -2.43. The lowest BCUT2D eigenvalue weighted by molar-refractivity contribution is -0.0123. The van der Waals surface area contributed by atoms with E-state index in [1.165, 1.54) is 12.1 Å². The molecule has 3 rings (SSSR count). The summed E-state index contributed by atoms with van der Waals surface area (Å²) in [7, 11) is 0. The Balaban J connectivity index is 1.59. The van der Waals surface area contributed by atoms with Crippen molar-refractivity contribution < 1.29 is 13.9 Å². The molecule has 5 nitrogen and oxygen atoms in total. The van der Waals surface area contributed by atoms with E-state index in [4.69, 9.17) is 4.74 Å². The summed E-state index contributed by atoms with van der Waals surface area (Å²) in [5.74, 6) is 1.85. The molecule has 1 atom stereocenters. The minimum absolute atomic E-state index is 0.0175. The molecule has 0 aromatic heterocycles. The maximum absolute atomic E-state index is 13.1. The topological polar surface area (TPSA) is 53.6 Å². The molecule has 1 aromatic carbocycles. The van der Waals surface area contributed by atoms with Crippen molar-refractivity contribution in [3.63, 3.8) is 0 Å². The van der Waals surface area contributed by atoms with Gasteiger partial charge < -0.3 is 15.4 Å². The van der Waals surface area contributed by atoms with Crippen LogP contribution in [0.2, 0.25) is 0 Å². The van der Waals surface area contributed by atoms with Gasteiger partial charge >= 0.3 is 6.03 Å². The van der Waals surface area contributed by atoms with Crippen molar-refractivity contribution in [3.8, 4) is 0 Å². The number of rotatable bonds is 4. The number of hydrogen-bond donors (Lipinski definition) is 2. The third kappa shape index (κ3) is 4.02. The maximum Gasteiger partial charge on any atom is 0.319 e. The number of nitrogens with zero attached hydrogens (tertiary/aromatic N) is 1. The van der Waals surface area contributed by atoms with Gasteiger partial charge in [0.15, 0.2) is 0 Å². The van der Waals surface area contributed by atoms with Crippen LogP contribution in [0.25, 0.3) is 0 Å². The molecular formula is C17H24FN3O2S. The van der Waals surface area contributed by atoms with Gasteiger partial charge in [-0.3, -0.25) is 4.90 Å². The SMILES string of the molecule is Cc1cc(F)ccc1NC(=O)NCC1(N2CCOCC2)CCSC1. The number of ether oxygens (including phenoxy) is 1. The minimum Gasteiger partial charge on any atom is -0.379 e. The van der Waals surface area contributed by atoms with Crippen LogP contribution in [0.4, 0.5) is 14.9 Å². The second-order valence-electron chi connectivity index (χ2n) is 6.39. The van der Waals surface area contributed by atoms with Crippen molar-refractivity contribution in [3.05, 3.63) is 29.6 Å². The maximum atomic E-state index is 13.1. The summed E-state index contributed by atoms with van der Waals surface area (Å²) < 4.78 is 18.6. The minimum atomic E-state index is -0.298. The van der Waals surface area contributed by atoms with Gasteiger partial charge in [0.05, 0.1) is 13.2 Å². The third-order valence-corrected chi connectivity index (χ3v) is 6.01. The molecule has 0 spiro atoms. The van der Waals surface area contributed by atoms with Crippen LogP contribution in [0, 0.1) is 12.7 Å². The number of aryl methyl sites for hydroxylation is 1. The molecule has 132 valence electrons. The molecule has 2 aliphatic heterocycles. The van der Waals surface area contributed by atoms with Gasteiger partial charge in [-0.15, -0.1) is 0 Å². The Labute approximate surface area is 146 Å². The van der Waals surface area contributed by atoms with Gasteiger partial charge in [-0.25, -0.2) is 9.18 Å². The zero-order valence-corrected chi connectivity index (χ0v) is 14.8. The van der Waals surface area contributed by atoms with E-state index in [1.807, 2.05) is 11.8 Å². The quantitative estimate of drug-likeness (QED) is 0.873. The predicted molar refractivity (Wildman–Crippen MR) is 95.2 cm³/mol. The fourth-order valence-electron chi connectivity index (χ4n) is 3.31. The van der Waals surface area contributed by atoms with E-state index < -0.39 is 0 Å². The van der Waals surface area contributed by atoms with Crippen LogP contribution in [0.5, 0.6) is 0 Å². The highest BCUT2D eigenvalue weighted by Crippen LogP contribution is 2.33. The molecule has 2 saturated heterocycles. The molecule has 0 saturated carbocycles. The summed E-state index contributed by atoms with van der Waals surface area (Å²) >= 11 is 1.94. The van der Waals surface area contributed by atoms with Crippen LogP contribution in [0.1, 0.15) is 12.0 Å². The van der Waals surface area contributed by atoms with E-state index in [0.717, 1.165) is 44.2 Å². The number of urea groups is 1. The smallest absolute Gasteiger partial charge is 0.319 e. The number of carbonyl (C=O) groups excluding carboxylic acids is 1. The van der Waals surface area contributed by atoms with Gasteiger partial charge in [-0.2, -0.15) is 11.8 Å². The molecule has 24 heavy (non-hydrogen) atoms. The molecule has 1 unspecified atom stereocenters. The number of hydrogen-bond acceptors (Lipinski definition) is 4. The first-order valence-corrected chi connectivity index (χ1v) is 9.46. The number of morpholine rings is 1. The predicted octanol–water partition coefficient (Wildman–Crippen LogP) is 2.46. The number of halogens is 1. The summed E-state index contributed by atoms with van der Waals surface area (Å²) in [6.45, 7) is 5.75. The summed E-state index contributed by atoms with van der Waals surface area (Å²) in [6.07, 6.45) is 1.08. The highest BCUT2D eigenvalue weighted by atomic mass is 32.2. The zero-order valence-electron chi connectivity index (χ0n) is 13.9. The monoisotopic (exact) mass is 353 g/mol. The van der Waals surface area contributed by atoms with Gasteiger partial charge in [0.25, 0.3) is 0 Å². The van der Waals surface area contributed by atoms with Crippen molar-refractivity contribution in [2.75, 3.05) is 49.7 Å². The van der Waals surface area contributed by atoms with E-state index in [9.17, 15) is 9.18 Å². The first kappa shape index (κ1) is 17.5. The van der Waals surface area contributed by atoms with Crippen LogP contribution < -0.4 is 10.6 Å². The van der Waals surface area contributed by atoms with Crippen molar-refractivity contribution >= 4 is 23.5 Å². The number of thioether (sulfide) groups is 1. The molecule has 0 aliphatic carbocycles. The van der Waals surface area contributed by atoms with Crippen molar-refractivity contribution in [2.45, 2.75) is 18.9 Å². The van der Waals surface area contributed by atoms with Gasteiger partial charge in [0.1, 0.15) is 5.82 Å². The Morgan fingerprint density at radius 3 is 2.88 bits per heavy atom. The first-order chi connectivity index (χ1) is 11.6. The molecule has 0 bridgehead atoms. The lowest BCUT2D eigenvalue weighted by atomic mass is 9.95. The number of nitrogens with one attached hydrogen (secondary N) is 2. The Bertz CT molecular complexity index is 587. The molecule has 0 radical (unpaired) electrons. The highest BCUT2D eigenvalue weighted by molar-refractivity contribution is 7.99. The normalized spacial score (nSPS) is 24.8. The number of amides is 2. The molecule has 2 aliphatic rings. The molecule has 2 fully saturated rings. The Morgan fingerprint density at radius 2 is 2.21 bits per heavy atom. The van der Waals surface area contributed by atoms with E-state index in [-0.39, 0.29) is 17.4 Å². The van der Waals surface area contributed by atoms with E-state index >= 15 is 0 Å². The molecule has 2 N–H and O–H groups in total. The van der Waals surface area contributed by atoms with Crippen LogP contribution in [0.15, 0.2) is 18.2 Å². The fraction of sp³-hybridized carbons (Fsp3) is 0.588. The zero-order chi connectivity index (χ0) is 17.0. The van der Waals surface area contributed by atoms with E-state index in [1.54, 1.807) is 13.0 Å². The summed E-state index contributed by atoms with van der Waals surface area (Å²) in [5, 5.41) is 5.83. The molecule has 1 aromatic rings. The van der Waals surface area contributed by atoms with E-state index in [2.05, 4.69) is 15.5 Å². The first-order valence-electron chi connectivity index (χ1n) is 8.31. The third-order valence-electron chi connectivity index (χ3n) is 4.78. The molecular weight excluding hydrogens is 329 g/mol. The number of carbonyl (C=O) groups is 1. The lowest BCUT2D eigenvalue weighted by Crippen LogP contribution is -2.59. The molecule has 2 heterocycles. The van der Waals surface area contributed by atoms with Crippen LogP contribution in [-0.4, -0.2) is 60.8 Å². The van der Waals surface area contributed by atoms with Crippen molar-refractivity contribution in [2.24, 2.45) is 0 Å². The second kappa shape index (κ2) is 7.72. The molecule has 7 heteroatoms. The van der Waals surface area contributed by atoms with Crippen molar-refractivity contribution in [1.29, 1.82) is 0 Å². The number of benzene rings is 1. The van der Waals surface area contributed by atoms with Gasteiger partial charge in [0, 0.05) is 36.6 Å². The second-order valence-corrected chi connectivity index (χ2v) is 7.50. The fourth-order valence-corrected chi connectivity index (χ4v) is 4.79. The van der Waals surface area contributed by atoms with Crippen LogP contribution >= 0.6 is 11.8 Å². The van der Waals surface area contributed by atoms with Gasteiger partial charge in [-0.05, 0) is 42.9 Å². The average Bonchev–Trinajstić information content (AvgIpc) is 3.07. The number of anilines is 1. The van der Waals surface area contributed by atoms with Gasteiger partial charge in [-0.1, -0.05) is 0 Å². The molecule has 2 amide bonds. The van der Waals surface area contributed by atoms with Crippen molar-refractivity contribution in [1.82, 2.24) is 10.2 Å². The van der Waals surface area contributed by atoms with Crippen LogP contribution in [0.3, 0.4) is 0 Å². The van der Waals surface area contributed by atoms with Crippen LogP contribution in [-0.2, 0) is 4.74 Å². The Kier molecular flexibility index (Phi) is 5.63. The summed E-state index contributed by atoms with van der Waals surface area (Å²) in [4.78, 5) is 14.7. The standard InChI is InChI=1S/C17H24FN3O2S/c1-13-10-14(18)2-3-15(13)20-16(22)19-11-17(4-9-24-12-17)21-5-7-23-8-6-21/h2-3,10H,4-9,11-12H2,1H3,(H2,19,20,22). The summed E-state index contributed by atoms with van der Waals surface area (Å²) in [5.41, 5.74) is 1.36. The Morgan fingerprint density at radius 1 is 1.42 bits per heavy atom. The Hall–Kier alpha value is -1.31. The summed E-state index contributed by atoms with van der Waals surface area (Å²) in [6, 6.07) is 4.12. The largest absolute Gasteiger partial charge is 0.379 e. The average molecular weight is 353 g/mol. The van der Waals surface area contributed by atoms with E-state index in [0.29, 0.717) is 17.8 Å². The van der Waals surface area contributed by atoms with Gasteiger partial charge in [0.2, 0.25) is 0 Å².